The molecule has 0 spiro atoms. The number of amides is 1. The molecular formula is C17H15ClN2O7S. The van der Waals surface area contributed by atoms with E-state index >= 15 is 0 Å². The average Bonchev–Trinajstić information content (AvgIpc) is 2.62. The number of carbonyl (C=O) groups is 2. The summed E-state index contributed by atoms with van der Waals surface area (Å²) in [5.41, 5.74) is -0.0434. The van der Waals surface area contributed by atoms with Crippen molar-refractivity contribution < 1.29 is 27.7 Å². The summed E-state index contributed by atoms with van der Waals surface area (Å²) in [5, 5.41) is 13.1. The van der Waals surface area contributed by atoms with Crippen LogP contribution in [0.4, 0.5) is 11.4 Å². The van der Waals surface area contributed by atoms with E-state index in [4.69, 9.17) is 16.3 Å². The summed E-state index contributed by atoms with van der Waals surface area (Å²) in [7, 11) is -3.40. The van der Waals surface area contributed by atoms with Crippen LogP contribution in [-0.4, -0.2) is 37.6 Å². The van der Waals surface area contributed by atoms with Crippen molar-refractivity contribution in [3.8, 4) is 0 Å². The van der Waals surface area contributed by atoms with Crippen molar-refractivity contribution >= 4 is 44.7 Å². The van der Waals surface area contributed by atoms with Gasteiger partial charge in [-0.2, -0.15) is 0 Å². The maximum absolute atomic E-state index is 12.2. The zero-order valence-electron chi connectivity index (χ0n) is 14.7. The van der Waals surface area contributed by atoms with E-state index in [-0.39, 0.29) is 26.9 Å². The van der Waals surface area contributed by atoms with Gasteiger partial charge >= 0.3 is 5.97 Å². The van der Waals surface area contributed by atoms with E-state index in [1.807, 2.05) is 0 Å². The Bertz CT molecular complexity index is 1040. The highest BCUT2D eigenvalue weighted by Crippen LogP contribution is 2.26. The van der Waals surface area contributed by atoms with Crippen LogP contribution in [-0.2, 0) is 19.4 Å². The molecule has 2 aromatic carbocycles. The van der Waals surface area contributed by atoms with Crippen LogP contribution in [0.3, 0.4) is 0 Å². The van der Waals surface area contributed by atoms with Crippen molar-refractivity contribution in [3.63, 3.8) is 0 Å². The SMILES string of the molecule is C[C@@H](OC(=O)c1ccc(S(C)(=O)=O)cc1)C(=O)Nc1ccc([N+](=O)[O-])cc1Cl. The Morgan fingerprint density at radius 1 is 1.18 bits per heavy atom. The molecule has 1 atom stereocenters. The molecule has 1 N–H and O–H groups in total. The molecule has 11 heteroatoms. The normalized spacial score (nSPS) is 12.1. The number of ether oxygens (including phenoxy) is 1. The van der Waals surface area contributed by atoms with Crippen molar-refractivity contribution in [2.24, 2.45) is 0 Å². The van der Waals surface area contributed by atoms with E-state index in [2.05, 4.69) is 5.32 Å². The van der Waals surface area contributed by atoms with E-state index in [0.29, 0.717) is 0 Å². The number of anilines is 1. The highest BCUT2D eigenvalue weighted by atomic mass is 35.5. The molecule has 0 saturated heterocycles. The van der Waals surface area contributed by atoms with Crippen molar-refractivity contribution in [2.75, 3.05) is 11.6 Å². The van der Waals surface area contributed by atoms with Crippen LogP contribution >= 0.6 is 11.6 Å². The Kier molecular flexibility index (Phi) is 6.37. The predicted octanol–water partition coefficient (Wildman–Crippen LogP) is 2.84. The number of hydrogen-bond donors (Lipinski definition) is 1. The van der Waals surface area contributed by atoms with Gasteiger partial charge in [0.2, 0.25) is 0 Å². The second-order valence-electron chi connectivity index (χ2n) is 5.75. The summed E-state index contributed by atoms with van der Waals surface area (Å²) in [5.74, 6) is -1.52. The Balaban J connectivity index is 2.04. The lowest BCUT2D eigenvalue weighted by molar-refractivity contribution is -0.384. The number of carbonyl (C=O) groups excluding carboxylic acids is 2. The molecule has 0 aliphatic heterocycles. The van der Waals surface area contributed by atoms with Gasteiger partial charge in [0.05, 0.1) is 26.1 Å². The molecule has 1 amide bonds. The van der Waals surface area contributed by atoms with Crippen LogP contribution in [0.1, 0.15) is 17.3 Å². The van der Waals surface area contributed by atoms with Crippen LogP contribution in [0.25, 0.3) is 0 Å². The molecule has 0 bridgehead atoms. The number of nitrogens with zero attached hydrogens (tertiary/aromatic N) is 1. The van der Waals surface area contributed by atoms with E-state index in [1.165, 1.54) is 43.3 Å². The molecule has 28 heavy (non-hydrogen) atoms. The van der Waals surface area contributed by atoms with Crippen molar-refractivity contribution in [1.29, 1.82) is 0 Å². The summed E-state index contributed by atoms with van der Waals surface area (Å²) in [4.78, 5) is 34.4. The number of rotatable bonds is 6. The zero-order chi connectivity index (χ0) is 21.1. The summed E-state index contributed by atoms with van der Waals surface area (Å²) in [6.45, 7) is 1.33. The fourth-order valence-electron chi connectivity index (χ4n) is 2.07. The Labute approximate surface area is 165 Å². The number of benzene rings is 2. The standard InChI is InChI=1S/C17H15ClN2O7S/c1-10(16(21)19-15-8-5-12(20(23)24)9-14(15)18)27-17(22)11-3-6-13(7-4-11)28(2,25)26/h3-10H,1-2H3,(H,19,21)/t10-/m1/s1. The Hall–Kier alpha value is -2.98. The molecule has 0 aromatic heterocycles. The van der Waals surface area contributed by atoms with Gasteiger partial charge < -0.3 is 10.1 Å². The highest BCUT2D eigenvalue weighted by molar-refractivity contribution is 7.90. The zero-order valence-corrected chi connectivity index (χ0v) is 16.3. The van der Waals surface area contributed by atoms with E-state index in [9.17, 15) is 28.1 Å². The van der Waals surface area contributed by atoms with Gasteiger partial charge in [0.25, 0.3) is 11.6 Å². The fourth-order valence-corrected chi connectivity index (χ4v) is 2.93. The summed E-state index contributed by atoms with van der Waals surface area (Å²) in [6, 6.07) is 8.57. The molecule has 0 aliphatic carbocycles. The molecule has 148 valence electrons. The van der Waals surface area contributed by atoms with Crippen LogP contribution < -0.4 is 5.32 Å². The lowest BCUT2D eigenvalue weighted by Crippen LogP contribution is -2.30. The Morgan fingerprint density at radius 3 is 2.29 bits per heavy atom. The first kappa shape index (κ1) is 21.3. The number of nitro groups is 1. The lowest BCUT2D eigenvalue weighted by atomic mass is 10.2. The van der Waals surface area contributed by atoms with Gasteiger partial charge in [-0.1, -0.05) is 11.6 Å². The summed E-state index contributed by atoms with van der Waals surface area (Å²) < 4.78 is 27.9. The van der Waals surface area contributed by atoms with Crippen molar-refractivity contribution in [2.45, 2.75) is 17.9 Å². The number of esters is 1. The van der Waals surface area contributed by atoms with Crippen molar-refractivity contribution in [1.82, 2.24) is 0 Å². The minimum absolute atomic E-state index is 0.0440. The molecular weight excluding hydrogens is 412 g/mol. The topological polar surface area (TPSA) is 133 Å². The maximum Gasteiger partial charge on any atom is 0.338 e. The van der Waals surface area contributed by atoms with E-state index in [0.717, 1.165) is 12.3 Å². The predicted molar refractivity (Wildman–Crippen MR) is 101 cm³/mol. The molecule has 9 nitrogen and oxygen atoms in total. The molecule has 2 rings (SSSR count). The number of hydrogen-bond acceptors (Lipinski definition) is 7. The number of nitrogens with one attached hydrogen (secondary N) is 1. The summed E-state index contributed by atoms with van der Waals surface area (Å²) >= 11 is 5.90. The molecule has 0 fully saturated rings. The van der Waals surface area contributed by atoms with Crippen LogP contribution in [0.15, 0.2) is 47.4 Å². The Morgan fingerprint density at radius 2 is 1.79 bits per heavy atom. The molecule has 0 aliphatic rings. The van der Waals surface area contributed by atoms with Gasteiger partial charge in [-0.05, 0) is 37.3 Å². The second-order valence-corrected chi connectivity index (χ2v) is 8.18. The van der Waals surface area contributed by atoms with Gasteiger partial charge in [0.15, 0.2) is 15.9 Å². The third-order valence-corrected chi connectivity index (χ3v) is 5.03. The van der Waals surface area contributed by atoms with E-state index < -0.39 is 32.7 Å². The first-order chi connectivity index (χ1) is 13.0. The van der Waals surface area contributed by atoms with E-state index in [1.54, 1.807) is 0 Å². The van der Waals surface area contributed by atoms with Gasteiger partial charge in [-0.15, -0.1) is 0 Å². The third kappa shape index (κ3) is 5.27. The lowest BCUT2D eigenvalue weighted by Gasteiger charge is -2.14. The number of halogens is 1. The van der Waals surface area contributed by atoms with Crippen LogP contribution in [0.5, 0.6) is 0 Å². The number of non-ortho nitro benzene ring substituents is 1. The summed E-state index contributed by atoms with van der Waals surface area (Å²) in [6.07, 6.45) is -0.163. The second kappa shape index (κ2) is 8.36. The molecule has 0 saturated carbocycles. The fraction of sp³-hybridized carbons (Fsp3) is 0.176. The smallest absolute Gasteiger partial charge is 0.338 e. The minimum Gasteiger partial charge on any atom is -0.449 e. The molecule has 0 radical (unpaired) electrons. The molecule has 0 heterocycles. The van der Waals surface area contributed by atoms with Crippen molar-refractivity contribution in [3.05, 3.63) is 63.2 Å². The largest absolute Gasteiger partial charge is 0.449 e. The van der Waals surface area contributed by atoms with Crippen LogP contribution in [0.2, 0.25) is 5.02 Å². The van der Waals surface area contributed by atoms with Crippen LogP contribution in [0, 0.1) is 10.1 Å². The average molecular weight is 427 g/mol. The first-order valence-electron chi connectivity index (χ1n) is 7.75. The number of nitro benzene ring substituents is 1. The molecule has 0 unspecified atom stereocenters. The van der Waals surface area contributed by atoms with Gasteiger partial charge in [0, 0.05) is 18.4 Å². The van der Waals surface area contributed by atoms with Gasteiger partial charge in [0.1, 0.15) is 0 Å². The number of sulfone groups is 1. The third-order valence-electron chi connectivity index (χ3n) is 3.59. The minimum atomic E-state index is -3.40. The molecule has 2 aromatic rings. The van der Waals surface area contributed by atoms with Gasteiger partial charge in [-0.25, -0.2) is 13.2 Å². The quantitative estimate of drug-likeness (QED) is 0.426. The monoisotopic (exact) mass is 426 g/mol. The van der Waals surface area contributed by atoms with Gasteiger partial charge in [-0.3, -0.25) is 14.9 Å². The first-order valence-corrected chi connectivity index (χ1v) is 10.0. The maximum atomic E-state index is 12.2. The highest BCUT2D eigenvalue weighted by Gasteiger charge is 2.21.